The van der Waals surface area contributed by atoms with Crippen LogP contribution in [0.4, 0.5) is 5.69 Å². The smallest absolute Gasteiger partial charge is 0.343 e. The Kier molecular flexibility index (Phi) is 8.15. The van der Waals surface area contributed by atoms with Crippen LogP contribution in [0.2, 0.25) is 0 Å². The summed E-state index contributed by atoms with van der Waals surface area (Å²) < 4.78 is 11.1. The highest BCUT2D eigenvalue weighted by atomic mass is 16.5. The molecule has 0 aliphatic rings. The maximum atomic E-state index is 12.4. The summed E-state index contributed by atoms with van der Waals surface area (Å²) in [6, 6.07) is 17.9. The lowest BCUT2D eigenvalue weighted by atomic mass is 10.2. The number of hydrogen-bond donors (Lipinski definition) is 0. The van der Waals surface area contributed by atoms with Gasteiger partial charge in [-0.2, -0.15) is 0 Å². The topological polar surface area (TPSA) is 60.8 Å². The van der Waals surface area contributed by atoms with E-state index < -0.39 is 5.97 Å². The second-order valence-electron chi connectivity index (χ2n) is 6.86. The van der Waals surface area contributed by atoms with Gasteiger partial charge in [0.1, 0.15) is 11.5 Å². The molecule has 0 bridgehead atoms. The number of rotatable bonds is 10. The first-order chi connectivity index (χ1) is 14.7. The molecular weight excluding hydrogens is 376 g/mol. The van der Waals surface area contributed by atoms with Crippen LogP contribution in [0.3, 0.4) is 0 Å². The predicted molar refractivity (Wildman–Crippen MR) is 119 cm³/mol. The lowest BCUT2D eigenvalue weighted by Crippen LogP contribution is -2.08. The number of unbranched alkanes of at least 4 members (excludes halogenated alkanes) is 3. The van der Waals surface area contributed by atoms with E-state index in [9.17, 15) is 4.79 Å². The Morgan fingerprint density at radius 1 is 0.967 bits per heavy atom. The van der Waals surface area contributed by atoms with Crippen molar-refractivity contribution in [2.45, 2.75) is 32.6 Å². The number of hydrogen-bond acceptors (Lipinski definition) is 5. The molecular formula is C25H26N2O3. The molecule has 0 radical (unpaired) electrons. The summed E-state index contributed by atoms with van der Waals surface area (Å²) >= 11 is 0. The number of esters is 1. The van der Waals surface area contributed by atoms with Crippen LogP contribution in [0.25, 0.3) is 0 Å². The molecule has 0 aliphatic carbocycles. The molecule has 3 rings (SSSR count). The van der Waals surface area contributed by atoms with Crippen molar-refractivity contribution >= 4 is 17.9 Å². The molecule has 0 spiro atoms. The fraction of sp³-hybridized carbons (Fsp3) is 0.240. The maximum absolute atomic E-state index is 12.4. The summed E-state index contributed by atoms with van der Waals surface area (Å²) in [4.78, 5) is 20.8. The number of carbonyl (C=O) groups excluding carboxylic acids is 1. The van der Waals surface area contributed by atoms with Gasteiger partial charge in [-0.3, -0.25) is 9.98 Å². The lowest BCUT2D eigenvalue weighted by Gasteiger charge is -2.07. The van der Waals surface area contributed by atoms with E-state index in [0.717, 1.165) is 23.4 Å². The molecule has 30 heavy (non-hydrogen) atoms. The summed E-state index contributed by atoms with van der Waals surface area (Å²) in [5.74, 6) is 0.826. The number of nitrogens with zero attached hydrogens (tertiary/aromatic N) is 2. The molecule has 0 fully saturated rings. The van der Waals surface area contributed by atoms with E-state index >= 15 is 0 Å². The van der Waals surface area contributed by atoms with Gasteiger partial charge in [-0.05, 0) is 61.0 Å². The Morgan fingerprint density at radius 2 is 1.73 bits per heavy atom. The van der Waals surface area contributed by atoms with Gasteiger partial charge in [0.25, 0.3) is 0 Å². The monoisotopic (exact) mass is 402 g/mol. The van der Waals surface area contributed by atoms with Crippen molar-refractivity contribution in [2.24, 2.45) is 4.99 Å². The SMILES string of the molecule is CCCCCCOc1ccc(C(=O)Oc2ccc(N=Cc3cccnc3)cc2)cc1. The van der Waals surface area contributed by atoms with E-state index in [1.165, 1.54) is 19.3 Å². The zero-order valence-electron chi connectivity index (χ0n) is 17.2. The van der Waals surface area contributed by atoms with Gasteiger partial charge in [0.05, 0.1) is 17.9 Å². The van der Waals surface area contributed by atoms with E-state index in [-0.39, 0.29) is 0 Å². The van der Waals surface area contributed by atoms with Crippen molar-refractivity contribution in [3.05, 3.63) is 84.2 Å². The Hall–Kier alpha value is -3.47. The van der Waals surface area contributed by atoms with Gasteiger partial charge in [-0.25, -0.2) is 4.79 Å². The fourth-order valence-electron chi connectivity index (χ4n) is 2.77. The van der Waals surface area contributed by atoms with Gasteiger partial charge in [0.15, 0.2) is 0 Å². The lowest BCUT2D eigenvalue weighted by molar-refractivity contribution is 0.0734. The van der Waals surface area contributed by atoms with Crippen LogP contribution in [-0.4, -0.2) is 23.8 Å². The molecule has 0 saturated carbocycles. The van der Waals surface area contributed by atoms with Crippen LogP contribution in [0.5, 0.6) is 11.5 Å². The van der Waals surface area contributed by atoms with Crippen LogP contribution in [0, 0.1) is 0 Å². The molecule has 0 unspecified atom stereocenters. The summed E-state index contributed by atoms with van der Waals surface area (Å²) in [6.07, 6.45) is 9.85. The molecule has 5 heteroatoms. The number of aliphatic imine (C=N–C) groups is 1. The number of aromatic nitrogens is 1. The molecule has 0 saturated heterocycles. The standard InChI is InChI=1S/C25H26N2O3/c1-2-3-4-5-17-29-23-12-8-21(9-13-23)25(28)30-24-14-10-22(11-15-24)27-19-20-7-6-16-26-18-20/h6-16,18-19H,2-5,17H2,1H3. The van der Waals surface area contributed by atoms with Crippen molar-refractivity contribution in [2.75, 3.05) is 6.61 Å². The second-order valence-corrected chi connectivity index (χ2v) is 6.86. The van der Waals surface area contributed by atoms with Crippen LogP contribution in [-0.2, 0) is 0 Å². The van der Waals surface area contributed by atoms with Crippen molar-refractivity contribution < 1.29 is 14.3 Å². The molecule has 5 nitrogen and oxygen atoms in total. The van der Waals surface area contributed by atoms with Crippen LogP contribution in [0.1, 0.15) is 48.5 Å². The summed E-state index contributed by atoms with van der Waals surface area (Å²) in [6.45, 7) is 2.88. The quantitative estimate of drug-likeness (QED) is 0.180. The van der Waals surface area contributed by atoms with E-state index in [4.69, 9.17) is 9.47 Å². The van der Waals surface area contributed by atoms with Gasteiger partial charge in [0, 0.05) is 24.2 Å². The number of pyridine rings is 1. The Balaban J connectivity index is 1.50. The van der Waals surface area contributed by atoms with Crippen molar-refractivity contribution in [3.63, 3.8) is 0 Å². The third-order valence-corrected chi connectivity index (χ3v) is 4.45. The minimum Gasteiger partial charge on any atom is -0.494 e. The van der Waals surface area contributed by atoms with E-state index in [1.54, 1.807) is 67.1 Å². The second kappa shape index (κ2) is 11.5. The molecule has 154 valence electrons. The van der Waals surface area contributed by atoms with Gasteiger partial charge >= 0.3 is 5.97 Å². The van der Waals surface area contributed by atoms with Crippen molar-refractivity contribution in [3.8, 4) is 11.5 Å². The van der Waals surface area contributed by atoms with Gasteiger partial charge in [-0.1, -0.05) is 32.3 Å². The highest BCUT2D eigenvalue weighted by Gasteiger charge is 2.09. The number of benzene rings is 2. The van der Waals surface area contributed by atoms with Gasteiger partial charge in [0.2, 0.25) is 0 Å². The first kappa shape index (κ1) is 21.2. The highest BCUT2D eigenvalue weighted by molar-refractivity contribution is 5.91. The highest BCUT2D eigenvalue weighted by Crippen LogP contribution is 2.20. The predicted octanol–water partition coefficient (Wildman–Crippen LogP) is 6.01. The normalized spacial score (nSPS) is 10.8. The minimum absolute atomic E-state index is 0.406. The third-order valence-electron chi connectivity index (χ3n) is 4.45. The molecule has 1 heterocycles. The van der Waals surface area contributed by atoms with Crippen molar-refractivity contribution in [1.82, 2.24) is 4.98 Å². The minimum atomic E-state index is -0.406. The molecule has 1 aromatic heterocycles. The average molecular weight is 402 g/mol. The van der Waals surface area contributed by atoms with Gasteiger partial charge in [-0.15, -0.1) is 0 Å². The molecule has 0 atom stereocenters. The molecule has 2 aromatic carbocycles. The zero-order valence-corrected chi connectivity index (χ0v) is 17.2. The summed E-state index contributed by atoms with van der Waals surface area (Å²) in [5.41, 5.74) is 2.16. The van der Waals surface area contributed by atoms with Crippen molar-refractivity contribution in [1.29, 1.82) is 0 Å². The van der Waals surface area contributed by atoms with Gasteiger partial charge < -0.3 is 9.47 Å². The van der Waals surface area contributed by atoms with E-state index in [1.807, 2.05) is 12.1 Å². The van der Waals surface area contributed by atoms with Crippen LogP contribution >= 0.6 is 0 Å². The summed E-state index contributed by atoms with van der Waals surface area (Å²) in [5, 5.41) is 0. The first-order valence-electron chi connectivity index (χ1n) is 10.2. The van der Waals surface area contributed by atoms with Crippen LogP contribution < -0.4 is 9.47 Å². The van der Waals surface area contributed by atoms with E-state index in [0.29, 0.717) is 17.9 Å². The zero-order chi connectivity index (χ0) is 21.0. The van der Waals surface area contributed by atoms with E-state index in [2.05, 4.69) is 16.9 Å². The Bertz CT molecular complexity index is 936. The third kappa shape index (κ3) is 6.85. The molecule has 0 amide bonds. The summed E-state index contributed by atoms with van der Waals surface area (Å²) in [7, 11) is 0. The largest absolute Gasteiger partial charge is 0.494 e. The average Bonchev–Trinajstić information content (AvgIpc) is 2.79. The maximum Gasteiger partial charge on any atom is 0.343 e. The Morgan fingerprint density at radius 3 is 2.43 bits per heavy atom. The molecule has 3 aromatic rings. The molecule has 0 aliphatic heterocycles. The number of carbonyl (C=O) groups is 1. The Labute approximate surface area is 177 Å². The first-order valence-corrected chi connectivity index (χ1v) is 10.2. The number of ether oxygens (including phenoxy) is 2. The molecule has 0 N–H and O–H groups in total. The fourth-order valence-corrected chi connectivity index (χ4v) is 2.77. The van der Waals surface area contributed by atoms with Crippen LogP contribution in [0.15, 0.2) is 78.0 Å².